The van der Waals surface area contributed by atoms with Crippen molar-refractivity contribution in [1.29, 1.82) is 0 Å². The Hall–Kier alpha value is -2.11. The summed E-state index contributed by atoms with van der Waals surface area (Å²) in [5.41, 5.74) is 0.00847. The zero-order chi connectivity index (χ0) is 17.8. The van der Waals surface area contributed by atoms with Crippen molar-refractivity contribution in [1.82, 2.24) is 9.80 Å². The maximum absolute atomic E-state index is 14.3. The topological polar surface area (TPSA) is 49.9 Å². The monoisotopic (exact) mass is 348 g/mol. The Morgan fingerprint density at radius 3 is 2.84 bits per heavy atom. The number of hydrogen-bond donors (Lipinski definition) is 0. The number of nitrogens with zero attached hydrogens (tertiary/aromatic N) is 2. The maximum Gasteiger partial charge on any atom is 0.260 e. The van der Waals surface area contributed by atoms with E-state index in [4.69, 9.17) is 4.74 Å². The van der Waals surface area contributed by atoms with Gasteiger partial charge in [0.15, 0.2) is 0 Å². The summed E-state index contributed by atoms with van der Waals surface area (Å²) < 4.78 is 19.5. The highest BCUT2D eigenvalue weighted by Crippen LogP contribution is 2.28. The molecule has 2 aliphatic rings. The Kier molecular flexibility index (Phi) is 5.56. The molecule has 5 nitrogen and oxygen atoms in total. The van der Waals surface area contributed by atoms with E-state index in [2.05, 4.69) is 0 Å². The van der Waals surface area contributed by atoms with Gasteiger partial charge in [-0.3, -0.25) is 9.59 Å². The molecule has 2 amide bonds. The number of ether oxygens (including phenoxy) is 1. The molecule has 1 aromatic carbocycles. The molecular formula is C19H25FN2O3. The first kappa shape index (κ1) is 17.7. The van der Waals surface area contributed by atoms with Crippen molar-refractivity contribution in [2.75, 3.05) is 26.7 Å². The molecule has 3 rings (SSSR count). The molecule has 136 valence electrons. The van der Waals surface area contributed by atoms with Crippen LogP contribution in [0.2, 0.25) is 0 Å². The first-order valence-corrected chi connectivity index (χ1v) is 9.03. The average Bonchev–Trinajstić information content (AvgIpc) is 3.04. The highest BCUT2D eigenvalue weighted by Gasteiger charge is 2.31. The molecule has 0 unspecified atom stereocenters. The van der Waals surface area contributed by atoms with E-state index in [1.54, 1.807) is 11.0 Å². The minimum Gasteiger partial charge on any atom is -0.496 e. The van der Waals surface area contributed by atoms with Crippen LogP contribution >= 0.6 is 0 Å². The fourth-order valence-corrected chi connectivity index (χ4v) is 3.84. The summed E-state index contributed by atoms with van der Waals surface area (Å²) >= 11 is 0. The van der Waals surface area contributed by atoms with E-state index in [0.29, 0.717) is 19.5 Å². The third-order valence-corrected chi connectivity index (χ3v) is 5.20. The van der Waals surface area contributed by atoms with Crippen molar-refractivity contribution < 1.29 is 18.7 Å². The number of piperidine rings is 1. The fourth-order valence-electron chi connectivity index (χ4n) is 3.84. The summed E-state index contributed by atoms with van der Waals surface area (Å²) in [4.78, 5) is 28.4. The molecule has 0 radical (unpaired) electrons. The fraction of sp³-hybridized carbons (Fsp3) is 0.579. The minimum atomic E-state index is -0.552. The third kappa shape index (κ3) is 3.78. The molecular weight excluding hydrogens is 323 g/mol. The van der Waals surface area contributed by atoms with Gasteiger partial charge in [-0.15, -0.1) is 0 Å². The number of methoxy groups -OCH3 is 1. The number of likely N-dealkylation sites (tertiary alicyclic amines) is 2. The highest BCUT2D eigenvalue weighted by atomic mass is 19.1. The number of carbonyl (C=O) groups is 2. The predicted octanol–water partition coefficient (Wildman–Crippen LogP) is 2.84. The number of halogens is 1. The average molecular weight is 348 g/mol. The predicted molar refractivity (Wildman–Crippen MR) is 92.1 cm³/mol. The van der Waals surface area contributed by atoms with Crippen LogP contribution in [0.1, 0.15) is 48.9 Å². The molecule has 2 fully saturated rings. The SMILES string of the molecule is COc1cccc(F)c1C(=O)N1CCCC[C@@H]1CCN1CCCC1=O. The first-order chi connectivity index (χ1) is 12.1. The second kappa shape index (κ2) is 7.85. The Balaban J connectivity index is 1.74. The number of rotatable bonds is 5. The van der Waals surface area contributed by atoms with Gasteiger partial charge in [0.25, 0.3) is 5.91 Å². The minimum absolute atomic E-state index is 0.00847. The van der Waals surface area contributed by atoms with E-state index in [9.17, 15) is 14.0 Å². The molecule has 2 saturated heterocycles. The molecule has 0 spiro atoms. The standard InChI is InChI=1S/C19H25FN2O3/c1-25-16-8-4-7-15(20)18(16)19(24)22-12-3-2-6-14(22)10-13-21-11-5-9-17(21)23/h4,7-8,14H,2-3,5-6,9-13H2,1H3/t14-/m1/s1. The number of benzene rings is 1. The molecule has 0 bridgehead atoms. The Morgan fingerprint density at radius 2 is 2.12 bits per heavy atom. The third-order valence-electron chi connectivity index (χ3n) is 5.20. The van der Waals surface area contributed by atoms with Gasteiger partial charge in [-0.1, -0.05) is 6.07 Å². The molecule has 0 aliphatic carbocycles. The molecule has 2 heterocycles. The van der Waals surface area contributed by atoms with Gasteiger partial charge in [-0.25, -0.2) is 4.39 Å². The van der Waals surface area contributed by atoms with E-state index < -0.39 is 5.82 Å². The smallest absolute Gasteiger partial charge is 0.260 e. The van der Waals surface area contributed by atoms with Gasteiger partial charge >= 0.3 is 0 Å². The molecule has 25 heavy (non-hydrogen) atoms. The summed E-state index contributed by atoms with van der Waals surface area (Å²) in [6.45, 7) is 2.09. The van der Waals surface area contributed by atoms with Crippen molar-refractivity contribution in [2.45, 2.75) is 44.6 Å². The van der Waals surface area contributed by atoms with E-state index in [1.165, 1.54) is 19.2 Å². The van der Waals surface area contributed by atoms with Gasteiger partial charge < -0.3 is 14.5 Å². The van der Waals surface area contributed by atoms with Gasteiger partial charge in [0.1, 0.15) is 17.1 Å². The van der Waals surface area contributed by atoms with Crippen molar-refractivity contribution >= 4 is 11.8 Å². The lowest BCUT2D eigenvalue weighted by Crippen LogP contribution is -2.45. The zero-order valence-corrected chi connectivity index (χ0v) is 14.7. The van der Waals surface area contributed by atoms with Crippen LogP contribution in [0.4, 0.5) is 4.39 Å². The number of carbonyl (C=O) groups excluding carboxylic acids is 2. The van der Waals surface area contributed by atoms with Crippen LogP contribution in [0.15, 0.2) is 18.2 Å². The van der Waals surface area contributed by atoms with Crippen LogP contribution < -0.4 is 4.74 Å². The lowest BCUT2D eigenvalue weighted by Gasteiger charge is -2.37. The molecule has 1 aromatic rings. The van der Waals surface area contributed by atoms with E-state index in [0.717, 1.165) is 38.6 Å². The molecule has 1 atom stereocenters. The van der Waals surface area contributed by atoms with Crippen molar-refractivity contribution in [3.63, 3.8) is 0 Å². The lowest BCUT2D eigenvalue weighted by atomic mass is 9.97. The summed E-state index contributed by atoms with van der Waals surface area (Å²) in [7, 11) is 1.44. The van der Waals surface area contributed by atoms with Gasteiger partial charge in [0.05, 0.1) is 7.11 Å². The van der Waals surface area contributed by atoms with Crippen molar-refractivity contribution in [2.24, 2.45) is 0 Å². The van der Waals surface area contributed by atoms with Crippen LogP contribution in [0.3, 0.4) is 0 Å². The van der Waals surface area contributed by atoms with Gasteiger partial charge in [-0.2, -0.15) is 0 Å². The number of amides is 2. The summed E-state index contributed by atoms with van der Waals surface area (Å²) in [6.07, 6.45) is 5.15. The first-order valence-electron chi connectivity index (χ1n) is 9.03. The van der Waals surface area contributed by atoms with Crippen LogP contribution in [0.25, 0.3) is 0 Å². The normalized spacial score (nSPS) is 20.9. The molecule has 0 aromatic heterocycles. The van der Waals surface area contributed by atoms with Crippen molar-refractivity contribution in [3.05, 3.63) is 29.6 Å². The van der Waals surface area contributed by atoms with Gasteiger partial charge in [0, 0.05) is 32.1 Å². The zero-order valence-electron chi connectivity index (χ0n) is 14.7. The Morgan fingerprint density at radius 1 is 1.28 bits per heavy atom. The summed E-state index contributed by atoms with van der Waals surface area (Å²) in [6, 6.07) is 4.48. The highest BCUT2D eigenvalue weighted by molar-refractivity contribution is 5.97. The summed E-state index contributed by atoms with van der Waals surface area (Å²) in [5, 5.41) is 0. The summed E-state index contributed by atoms with van der Waals surface area (Å²) in [5.74, 6) is -0.399. The largest absolute Gasteiger partial charge is 0.496 e. The van der Waals surface area contributed by atoms with E-state index >= 15 is 0 Å². The van der Waals surface area contributed by atoms with E-state index in [1.807, 2.05) is 4.90 Å². The van der Waals surface area contributed by atoms with Crippen LogP contribution in [0.5, 0.6) is 5.75 Å². The van der Waals surface area contributed by atoms with Gasteiger partial charge in [-0.05, 0) is 44.2 Å². The van der Waals surface area contributed by atoms with E-state index in [-0.39, 0.29) is 29.2 Å². The quantitative estimate of drug-likeness (QED) is 0.822. The van der Waals surface area contributed by atoms with Crippen LogP contribution in [-0.4, -0.2) is 54.4 Å². The maximum atomic E-state index is 14.3. The van der Waals surface area contributed by atoms with Crippen molar-refractivity contribution in [3.8, 4) is 5.75 Å². The molecule has 2 aliphatic heterocycles. The van der Waals surface area contributed by atoms with Crippen LogP contribution in [-0.2, 0) is 4.79 Å². The molecule has 0 saturated carbocycles. The number of hydrogen-bond acceptors (Lipinski definition) is 3. The lowest BCUT2D eigenvalue weighted by molar-refractivity contribution is -0.127. The second-order valence-electron chi connectivity index (χ2n) is 6.74. The molecule has 6 heteroatoms. The molecule has 0 N–H and O–H groups in total. The van der Waals surface area contributed by atoms with Gasteiger partial charge in [0.2, 0.25) is 5.91 Å². The second-order valence-corrected chi connectivity index (χ2v) is 6.74. The Labute approximate surface area is 147 Å². The Bertz CT molecular complexity index is 650. The van der Waals surface area contributed by atoms with Crippen LogP contribution in [0, 0.1) is 5.82 Å².